The van der Waals surface area contributed by atoms with Crippen molar-refractivity contribution in [3.05, 3.63) is 48.0 Å². The van der Waals surface area contributed by atoms with E-state index in [1.54, 1.807) is 18.2 Å². The molecule has 10 nitrogen and oxygen atoms in total. The number of amides is 3. The topological polar surface area (TPSA) is 122 Å². The fourth-order valence-electron chi connectivity index (χ4n) is 5.37. The molecule has 2 N–H and O–H groups in total. The Bertz CT molecular complexity index is 1400. The molecule has 0 radical (unpaired) electrons. The SMILES string of the molecule is CC[C@@H](SC1=Nc2ccccc2C2=N[C@H](CC(=O)NC3CCCCC3)C(=O)N12)C(=O)Nc1ccc2c(c1)OCO2. The fourth-order valence-corrected chi connectivity index (χ4v) is 6.39. The maximum absolute atomic E-state index is 13.6. The molecule has 2 aromatic rings. The smallest absolute Gasteiger partial charge is 0.259 e. The minimum atomic E-state index is -0.835. The molecular formula is C29H31N5O5S. The number of carbonyl (C=O) groups is 3. The summed E-state index contributed by atoms with van der Waals surface area (Å²) < 4.78 is 10.8. The monoisotopic (exact) mass is 561 g/mol. The zero-order chi connectivity index (χ0) is 27.6. The zero-order valence-electron chi connectivity index (χ0n) is 22.2. The number of amidine groups is 2. The summed E-state index contributed by atoms with van der Waals surface area (Å²) in [7, 11) is 0. The van der Waals surface area contributed by atoms with E-state index in [1.807, 2.05) is 31.2 Å². The van der Waals surface area contributed by atoms with Gasteiger partial charge in [0.25, 0.3) is 5.91 Å². The van der Waals surface area contributed by atoms with Crippen LogP contribution in [0.5, 0.6) is 11.5 Å². The van der Waals surface area contributed by atoms with Gasteiger partial charge in [0, 0.05) is 23.4 Å². The Balaban J connectivity index is 1.19. The first-order chi connectivity index (χ1) is 19.5. The molecule has 0 spiro atoms. The fraction of sp³-hybridized carbons (Fsp3) is 0.414. The van der Waals surface area contributed by atoms with Gasteiger partial charge in [0.05, 0.1) is 17.4 Å². The molecule has 4 aliphatic rings. The molecule has 3 amide bonds. The summed E-state index contributed by atoms with van der Waals surface area (Å²) in [6.07, 6.45) is 5.84. The lowest BCUT2D eigenvalue weighted by atomic mass is 9.95. The Morgan fingerprint density at radius 2 is 1.90 bits per heavy atom. The first-order valence-corrected chi connectivity index (χ1v) is 14.6. The van der Waals surface area contributed by atoms with Crippen molar-refractivity contribution < 1.29 is 23.9 Å². The van der Waals surface area contributed by atoms with Crippen molar-refractivity contribution in [2.24, 2.45) is 9.98 Å². The molecular weight excluding hydrogens is 530 g/mol. The minimum absolute atomic E-state index is 0.0166. The summed E-state index contributed by atoms with van der Waals surface area (Å²) in [6, 6.07) is 12.0. The number of fused-ring (bicyclic) bond motifs is 4. The van der Waals surface area contributed by atoms with Crippen LogP contribution in [0, 0.1) is 0 Å². The maximum atomic E-state index is 13.6. The van der Waals surface area contributed by atoms with Gasteiger partial charge in [-0.05, 0) is 43.5 Å². The van der Waals surface area contributed by atoms with Crippen molar-refractivity contribution in [1.29, 1.82) is 0 Å². The number of carbonyl (C=O) groups excluding carboxylic acids is 3. The molecule has 1 aliphatic carbocycles. The molecule has 2 atom stereocenters. The van der Waals surface area contributed by atoms with Crippen LogP contribution in [-0.2, 0) is 14.4 Å². The van der Waals surface area contributed by atoms with Crippen LogP contribution in [0.25, 0.3) is 0 Å². The largest absolute Gasteiger partial charge is 0.454 e. The third kappa shape index (κ3) is 5.30. The van der Waals surface area contributed by atoms with Gasteiger partial charge in [-0.15, -0.1) is 0 Å². The van der Waals surface area contributed by atoms with E-state index in [2.05, 4.69) is 10.6 Å². The highest BCUT2D eigenvalue weighted by molar-refractivity contribution is 8.15. The predicted molar refractivity (Wildman–Crippen MR) is 153 cm³/mol. The summed E-state index contributed by atoms with van der Waals surface area (Å²) in [5, 5.41) is 5.88. The van der Waals surface area contributed by atoms with Crippen LogP contribution >= 0.6 is 11.8 Å². The molecule has 0 aromatic heterocycles. The summed E-state index contributed by atoms with van der Waals surface area (Å²) >= 11 is 1.22. The average molecular weight is 562 g/mol. The molecule has 3 aliphatic heterocycles. The van der Waals surface area contributed by atoms with Crippen molar-refractivity contribution in [2.45, 2.75) is 69.2 Å². The summed E-state index contributed by atoms with van der Waals surface area (Å²) in [5.41, 5.74) is 1.99. The molecule has 1 fully saturated rings. The number of nitrogens with zero attached hydrogens (tertiary/aromatic N) is 3. The number of benzene rings is 2. The number of para-hydroxylation sites is 1. The molecule has 40 heavy (non-hydrogen) atoms. The molecule has 11 heteroatoms. The number of thioether (sulfide) groups is 1. The Morgan fingerprint density at radius 3 is 2.73 bits per heavy atom. The Hall–Kier alpha value is -3.86. The quantitative estimate of drug-likeness (QED) is 0.518. The standard InChI is InChI=1S/C29H31N5O5S/c1-2-24(27(36)31-18-12-13-22-23(14-18)39-16-38-22)40-29-33-20-11-7-6-10-19(20)26-32-21(28(37)34(26)29)15-25(35)30-17-8-4-3-5-9-17/h6-7,10-14,17,21,24H,2-5,8-9,15-16H2,1H3,(H,30,35)(H,31,36)/t21-,24-/m1/s1. The van der Waals surface area contributed by atoms with Gasteiger partial charge in [0.1, 0.15) is 11.9 Å². The average Bonchev–Trinajstić information content (AvgIpc) is 3.56. The molecule has 3 heterocycles. The van der Waals surface area contributed by atoms with E-state index in [0.717, 1.165) is 31.2 Å². The number of hydrogen-bond acceptors (Lipinski definition) is 8. The first-order valence-electron chi connectivity index (χ1n) is 13.8. The number of aliphatic imine (C=N–C) groups is 2. The number of hydrogen-bond donors (Lipinski definition) is 2. The van der Waals surface area contributed by atoms with Gasteiger partial charge in [-0.3, -0.25) is 19.4 Å². The van der Waals surface area contributed by atoms with Crippen LogP contribution in [0.3, 0.4) is 0 Å². The van der Waals surface area contributed by atoms with Crippen molar-refractivity contribution in [3.63, 3.8) is 0 Å². The van der Waals surface area contributed by atoms with Gasteiger partial charge in [-0.2, -0.15) is 0 Å². The highest BCUT2D eigenvalue weighted by atomic mass is 32.2. The Kier molecular flexibility index (Phi) is 7.46. The van der Waals surface area contributed by atoms with Gasteiger partial charge < -0.3 is 20.1 Å². The number of anilines is 1. The predicted octanol–water partition coefficient (Wildman–Crippen LogP) is 4.36. The number of ether oxygens (including phenoxy) is 2. The summed E-state index contributed by atoms with van der Waals surface area (Å²) in [6.45, 7) is 2.06. The van der Waals surface area contributed by atoms with Gasteiger partial charge >= 0.3 is 0 Å². The maximum Gasteiger partial charge on any atom is 0.259 e. The molecule has 6 rings (SSSR count). The van der Waals surface area contributed by atoms with Crippen LogP contribution in [0.2, 0.25) is 0 Å². The minimum Gasteiger partial charge on any atom is -0.454 e. The molecule has 0 unspecified atom stereocenters. The van der Waals surface area contributed by atoms with Gasteiger partial charge in [-0.25, -0.2) is 9.89 Å². The second-order valence-corrected chi connectivity index (χ2v) is 11.4. The van der Waals surface area contributed by atoms with Crippen LogP contribution < -0.4 is 20.1 Å². The van der Waals surface area contributed by atoms with Gasteiger partial charge in [0.2, 0.25) is 18.6 Å². The third-order valence-electron chi connectivity index (χ3n) is 7.45. The van der Waals surface area contributed by atoms with Gasteiger partial charge in [0.15, 0.2) is 16.7 Å². The lowest BCUT2D eigenvalue weighted by Crippen LogP contribution is -2.44. The molecule has 208 valence electrons. The van der Waals surface area contributed by atoms with Crippen LogP contribution in [0.4, 0.5) is 11.4 Å². The third-order valence-corrected chi connectivity index (χ3v) is 8.76. The van der Waals surface area contributed by atoms with Crippen LogP contribution in [0.1, 0.15) is 57.4 Å². The van der Waals surface area contributed by atoms with Crippen LogP contribution in [-0.4, -0.2) is 57.8 Å². The zero-order valence-corrected chi connectivity index (χ0v) is 23.0. The second kappa shape index (κ2) is 11.3. The molecule has 0 saturated heterocycles. The van der Waals surface area contributed by atoms with Gasteiger partial charge in [-0.1, -0.05) is 50.1 Å². The number of rotatable bonds is 7. The second-order valence-electron chi connectivity index (χ2n) is 10.2. The van der Waals surface area contributed by atoms with E-state index in [4.69, 9.17) is 19.5 Å². The molecule has 0 bridgehead atoms. The Morgan fingerprint density at radius 1 is 1.10 bits per heavy atom. The number of nitrogens with one attached hydrogen (secondary N) is 2. The first kappa shape index (κ1) is 26.4. The van der Waals surface area contributed by atoms with Crippen molar-refractivity contribution in [1.82, 2.24) is 10.2 Å². The Labute approximate surface area is 236 Å². The van der Waals surface area contributed by atoms with E-state index in [9.17, 15) is 14.4 Å². The normalized spacial score (nSPS) is 20.3. The summed E-state index contributed by atoms with van der Waals surface area (Å²) in [4.78, 5) is 50.7. The van der Waals surface area contributed by atoms with Crippen molar-refractivity contribution in [3.8, 4) is 11.5 Å². The molecule has 1 saturated carbocycles. The highest BCUT2D eigenvalue weighted by Crippen LogP contribution is 2.37. The van der Waals surface area contributed by atoms with Crippen molar-refractivity contribution >= 4 is 51.9 Å². The van der Waals surface area contributed by atoms with E-state index in [0.29, 0.717) is 40.3 Å². The molecule has 2 aromatic carbocycles. The van der Waals surface area contributed by atoms with E-state index in [-0.39, 0.29) is 37.0 Å². The van der Waals surface area contributed by atoms with Crippen LogP contribution in [0.15, 0.2) is 52.4 Å². The lowest BCUT2D eigenvalue weighted by molar-refractivity contribution is -0.129. The van der Waals surface area contributed by atoms with E-state index >= 15 is 0 Å². The highest BCUT2D eigenvalue weighted by Gasteiger charge is 2.43. The van der Waals surface area contributed by atoms with E-state index in [1.165, 1.54) is 23.1 Å². The van der Waals surface area contributed by atoms with Crippen molar-refractivity contribution in [2.75, 3.05) is 12.1 Å². The summed E-state index contributed by atoms with van der Waals surface area (Å²) in [5.74, 6) is 0.995. The lowest BCUT2D eigenvalue weighted by Gasteiger charge is -2.27. The van der Waals surface area contributed by atoms with E-state index < -0.39 is 11.3 Å².